The van der Waals surface area contributed by atoms with E-state index < -0.39 is 46.8 Å². The molecular formula is C28H26F3N3O5. The van der Waals surface area contributed by atoms with Crippen LogP contribution in [0.2, 0.25) is 0 Å². The largest absolute Gasteiger partial charge is 0.483 e. The summed E-state index contributed by atoms with van der Waals surface area (Å²) in [5, 5.41) is 2.33. The minimum absolute atomic E-state index is 0.0290. The predicted octanol–water partition coefficient (Wildman–Crippen LogP) is 3.58. The summed E-state index contributed by atoms with van der Waals surface area (Å²) in [5.74, 6) is -5.03. The Bertz CT molecular complexity index is 1450. The average molecular weight is 542 g/mol. The van der Waals surface area contributed by atoms with E-state index in [1.165, 1.54) is 6.20 Å². The standard InChI is InChI=1S/C28H26F3N3O5/c1-38-19-7-8-33-13-18(11-19)34-14-21(27(36)32-12-20-22(30)9-17(29)10-23(20)31)25(35)26(24(34)28(33)37)39-15-16-5-3-2-4-6-16/h2-6,9-10,14,18-19H,7-8,11-13,15H2,1H3,(H,32,36)/t18-,19+/m0/s1. The van der Waals surface area contributed by atoms with Crippen LogP contribution < -0.4 is 15.5 Å². The zero-order valence-electron chi connectivity index (χ0n) is 21.1. The van der Waals surface area contributed by atoms with Crippen LogP contribution in [0.25, 0.3) is 0 Å². The number of ether oxygens (including phenoxy) is 2. The number of pyridine rings is 1. The number of carbonyl (C=O) groups is 2. The molecule has 39 heavy (non-hydrogen) atoms. The molecule has 1 saturated heterocycles. The van der Waals surface area contributed by atoms with Crippen LogP contribution in [0.1, 0.15) is 50.9 Å². The molecule has 3 heterocycles. The van der Waals surface area contributed by atoms with Crippen molar-refractivity contribution in [2.75, 3.05) is 20.2 Å². The molecule has 2 atom stereocenters. The maximum absolute atomic E-state index is 14.1. The molecule has 204 valence electrons. The molecule has 2 aromatic carbocycles. The summed E-state index contributed by atoms with van der Waals surface area (Å²) < 4.78 is 54.5. The van der Waals surface area contributed by atoms with Gasteiger partial charge in [-0.3, -0.25) is 14.4 Å². The lowest BCUT2D eigenvalue weighted by Crippen LogP contribution is -2.44. The first-order valence-corrected chi connectivity index (χ1v) is 12.5. The van der Waals surface area contributed by atoms with Crippen molar-refractivity contribution < 1.29 is 32.2 Å². The van der Waals surface area contributed by atoms with Gasteiger partial charge in [-0.25, -0.2) is 13.2 Å². The smallest absolute Gasteiger partial charge is 0.274 e. The number of carbonyl (C=O) groups excluding carboxylic acids is 2. The summed E-state index contributed by atoms with van der Waals surface area (Å²) in [5.41, 5.74) is -0.958. The highest BCUT2D eigenvalue weighted by atomic mass is 19.1. The summed E-state index contributed by atoms with van der Waals surface area (Å²) in [7, 11) is 1.59. The number of methoxy groups -OCH3 is 1. The molecule has 11 heteroatoms. The van der Waals surface area contributed by atoms with Crippen LogP contribution >= 0.6 is 0 Å². The van der Waals surface area contributed by atoms with Crippen molar-refractivity contribution in [2.45, 2.75) is 38.1 Å². The average Bonchev–Trinajstić information content (AvgIpc) is 3.11. The second-order valence-electron chi connectivity index (χ2n) is 9.55. The molecule has 5 rings (SSSR count). The molecule has 0 radical (unpaired) electrons. The molecule has 0 unspecified atom stereocenters. The fourth-order valence-electron chi connectivity index (χ4n) is 5.03. The lowest BCUT2D eigenvalue weighted by Gasteiger charge is -2.35. The van der Waals surface area contributed by atoms with E-state index in [0.717, 1.165) is 5.56 Å². The third-order valence-electron chi connectivity index (χ3n) is 7.10. The lowest BCUT2D eigenvalue weighted by atomic mass is 10.0. The number of nitrogens with one attached hydrogen (secondary N) is 1. The first-order valence-electron chi connectivity index (χ1n) is 12.5. The molecule has 3 aromatic rings. The zero-order chi connectivity index (χ0) is 27.7. The Hall–Kier alpha value is -4.12. The normalized spacial score (nSPS) is 18.4. The Balaban J connectivity index is 1.54. The summed E-state index contributed by atoms with van der Waals surface area (Å²) in [4.78, 5) is 41.9. The molecule has 1 fully saturated rings. The van der Waals surface area contributed by atoms with E-state index >= 15 is 0 Å². The van der Waals surface area contributed by atoms with Gasteiger partial charge in [0.05, 0.1) is 12.1 Å². The van der Waals surface area contributed by atoms with E-state index in [1.807, 2.05) is 6.07 Å². The van der Waals surface area contributed by atoms with Gasteiger partial charge in [0.2, 0.25) is 5.43 Å². The molecule has 0 spiro atoms. The first kappa shape index (κ1) is 26.5. The number of amides is 2. The molecule has 0 aliphatic carbocycles. The summed E-state index contributed by atoms with van der Waals surface area (Å²) in [6.07, 6.45) is 2.28. The van der Waals surface area contributed by atoms with E-state index in [4.69, 9.17) is 9.47 Å². The Morgan fingerprint density at radius 2 is 1.82 bits per heavy atom. The van der Waals surface area contributed by atoms with Gasteiger partial charge in [0.1, 0.15) is 29.6 Å². The van der Waals surface area contributed by atoms with Gasteiger partial charge in [-0.05, 0) is 18.4 Å². The van der Waals surface area contributed by atoms with Gasteiger partial charge in [0, 0.05) is 50.6 Å². The number of rotatable bonds is 7. The minimum Gasteiger partial charge on any atom is -0.483 e. The molecule has 2 bridgehead atoms. The Morgan fingerprint density at radius 1 is 1.10 bits per heavy atom. The lowest BCUT2D eigenvalue weighted by molar-refractivity contribution is 0.0673. The number of aromatic nitrogens is 1. The SMILES string of the molecule is CO[C@@H]1CCN2C[C@H](C1)n1cc(C(=O)NCc3c(F)cc(F)cc3F)c(=O)c(OCc3ccccc3)c1C2=O. The van der Waals surface area contributed by atoms with E-state index in [1.54, 1.807) is 40.8 Å². The van der Waals surface area contributed by atoms with Crippen molar-refractivity contribution in [1.29, 1.82) is 0 Å². The van der Waals surface area contributed by atoms with Crippen LogP contribution in [-0.2, 0) is 17.9 Å². The quantitative estimate of drug-likeness (QED) is 0.494. The number of hydrogen-bond donors (Lipinski definition) is 1. The topological polar surface area (TPSA) is 89.9 Å². The number of hydrogen-bond acceptors (Lipinski definition) is 5. The molecule has 2 aliphatic rings. The van der Waals surface area contributed by atoms with E-state index in [9.17, 15) is 27.6 Å². The van der Waals surface area contributed by atoms with Crippen molar-refractivity contribution in [3.63, 3.8) is 0 Å². The monoisotopic (exact) mass is 541 g/mol. The van der Waals surface area contributed by atoms with Gasteiger partial charge < -0.3 is 24.3 Å². The van der Waals surface area contributed by atoms with Crippen LogP contribution in [0, 0.1) is 17.5 Å². The van der Waals surface area contributed by atoms with Gasteiger partial charge in [0.25, 0.3) is 11.8 Å². The molecule has 0 saturated carbocycles. The molecule has 1 aromatic heterocycles. The first-order chi connectivity index (χ1) is 18.8. The fourth-order valence-corrected chi connectivity index (χ4v) is 5.03. The maximum Gasteiger partial charge on any atom is 0.274 e. The van der Waals surface area contributed by atoms with Gasteiger partial charge in [0.15, 0.2) is 11.4 Å². The van der Waals surface area contributed by atoms with Crippen LogP contribution in [0.5, 0.6) is 5.75 Å². The van der Waals surface area contributed by atoms with E-state index in [-0.39, 0.29) is 35.8 Å². The summed E-state index contributed by atoms with van der Waals surface area (Å²) >= 11 is 0. The number of nitrogens with zero attached hydrogens (tertiary/aromatic N) is 2. The van der Waals surface area contributed by atoms with Gasteiger partial charge in [-0.1, -0.05) is 30.3 Å². The van der Waals surface area contributed by atoms with Crippen molar-refractivity contribution in [1.82, 2.24) is 14.8 Å². The molecular weight excluding hydrogens is 515 g/mol. The second-order valence-corrected chi connectivity index (χ2v) is 9.55. The van der Waals surface area contributed by atoms with Gasteiger partial charge in [-0.15, -0.1) is 0 Å². The Labute approximate surface area is 221 Å². The number of fused-ring (bicyclic) bond motifs is 4. The van der Waals surface area contributed by atoms with Crippen molar-refractivity contribution in [3.8, 4) is 5.75 Å². The zero-order valence-corrected chi connectivity index (χ0v) is 21.1. The summed E-state index contributed by atoms with van der Waals surface area (Å²) in [6.45, 7) is 0.149. The Morgan fingerprint density at radius 3 is 2.51 bits per heavy atom. The third kappa shape index (κ3) is 5.26. The van der Waals surface area contributed by atoms with Crippen molar-refractivity contribution >= 4 is 11.8 Å². The molecule has 1 N–H and O–H groups in total. The number of halogens is 3. The highest BCUT2D eigenvalue weighted by Gasteiger charge is 2.39. The number of benzene rings is 2. The van der Waals surface area contributed by atoms with Gasteiger partial charge in [-0.2, -0.15) is 0 Å². The molecule has 8 nitrogen and oxygen atoms in total. The highest BCUT2D eigenvalue weighted by molar-refractivity contribution is 5.99. The molecule has 2 aliphatic heterocycles. The van der Waals surface area contributed by atoms with Gasteiger partial charge >= 0.3 is 0 Å². The fraction of sp³-hybridized carbons (Fsp3) is 0.321. The summed E-state index contributed by atoms with van der Waals surface area (Å²) in [6, 6.07) is 9.72. The third-order valence-corrected chi connectivity index (χ3v) is 7.10. The second kappa shape index (κ2) is 10.9. The van der Waals surface area contributed by atoms with Crippen molar-refractivity contribution in [3.05, 3.63) is 98.7 Å². The predicted molar refractivity (Wildman–Crippen MR) is 134 cm³/mol. The highest BCUT2D eigenvalue weighted by Crippen LogP contribution is 2.33. The van der Waals surface area contributed by atoms with E-state index in [0.29, 0.717) is 38.1 Å². The maximum atomic E-state index is 14.1. The van der Waals surface area contributed by atoms with Crippen molar-refractivity contribution in [2.24, 2.45) is 0 Å². The molecule has 2 amide bonds. The van der Waals surface area contributed by atoms with Crippen LogP contribution in [0.3, 0.4) is 0 Å². The minimum atomic E-state index is -1.17. The van der Waals surface area contributed by atoms with Crippen LogP contribution in [0.4, 0.5) is 13.2 Å². The van der Waals surface area contributed by atoms with Crippen LogP contribution in [0.15, 0.2) is 53.5 Å². The van der Waals surface area contributed by atoms with Crippen LogP contribution in [-0.4, -0.2) is 47.6 Å². The Kier molecular flexibility index (Phi) is 7.42. The van der Waals surface area contributed by atoms with E-state index in [2.05, 4.69) is 5.32 Å².